The van der Waals surface area contributed by atoms with Gasteiger partial charge in [0.2, 0.25) is 0 Å². The van der Waals surface area contributed by atoms with Crippen molar-refractivity contribution in [3.05, 3.63) is 46.2 Å². The average molecular weight is 405 g/mol. The van der Waals surface area contributed by atoms with Crippen LogP contribution < -0.4 is 10.2 Å². The summed E-state index contributed by atoms with van der Waals surface area (Å²) in [5.74, 6) is -0.744. The highest BCUT2D eigenvalue weighted by molar-refractivity contribution is 6.35. The standard InChI is InChI=1S/C20H25ClN4O3/c1-6-24(7-2)20(27)19(26)23-22-12-15-10-13(3)25(14(15)4)16-8-9-18(28-5)17(21)11-16/h8-12H,6-7H2,1-5H3,(H,23,26)/b22-12-. The maximum atomic E-state index is 12.0. The molecular formula is C20H25ClN4O3. The number of halogens is 1. The van der Waals surface area contributed by atoms with Crippen LogP contribution in [-0.4, -0.2) is 47.7 Å². The first kappa shape index (κ1) is 21.5. The van der Waals surface area contributed by atoms with Gasteiger partial charge in [0.15, 0.2) is 0 Å². The van der Waals surface area contributed by atoms with Gasteiger partial charge in [0.25, 0.3) is 0 Å². The molecule has 0 atom stereocenters. The van der Waals surface area contributed by atoms with Gasteiger partial charge < -0.3 is 14.2 Å². The highest BCUT2D eigenvalue weighted by Crippen LogP contribution is 2.28. The van der Waals surface area contributed by atoms with Gasteiger partial charge in [-0.25, -0.2) is 5.43 Å². The second kappa shape index (κ2) is 9.41. The lowest BCUT2D eigenvalue weighted by atomic mass is 10.2. The molecule has 0 fully saturated rings. The lowest BCUT2D eigenvalue weighted by Gasteiger charge is -2.16. The van der Waals surface area contributed by atoms with Crippen LogP contribution in [0.25, 0.3) is 5.69 Å². The van der Waals surface area contributed by atoms with Crippen molar-refractivity contribution in [3.63, 3.8) is 0 Å². The Morgan fingerprint density at radius 3 is 2.50 bits per heavy atom. The maximum Gasteiger partial charge on any atom is 0.329 e. The van der Waals surface area contributed by atoms with Crippen molar-refractivity contribution < 1.29 is 14.3 Å². The van der Waals surface area contributed by atoms with Crippen molar-refractivity contribution in [1.82, 2.24) is 14.9 Å². The van der Waals surface area contributed by atoms with Crippen LogP contribution in [0.1, 0.15) is 30.8 Å². The fraction of sp³-hybridized carbons (Fsp3) is 0.350. The summed E-state index contributed by atoms with van der Waals surface area (Å²) in [5.41, 5.74) is 5.90. The lowest BCUT2D eigenvalue weighted by molar-refractivity contribution is -0.145. The minimum atomic E-state index is -0.754. The number of hydrogen-bond donors (Lipinski definition) is 1. The highest BCUT2D eigenvalue weighted by atomic mass is 35.5. The van der Waals surface area contributed by atoms with Gasteiger partial charge >= 0.3 is 11.8 Å². The quantitative estimate of drug-likeness (QED) is 0.456. The first-order chi connectivity index (χ1) is 13.3. The Morgan fingerprint density at radius 1 is 1.25 bits per heavy atom. The molecule has 1 N–H and O–H groups in total. The van der Waals surface area contributed by atoms with E-state index in [1.54, 1.807) is 7.11 Å². The number of nitrogens with zero attached hydrogens (tertiary/aromatic N) is 3. The smallest absolute Gasteiger partial charge is 0.329 e. The Bertz CT molecular complexity index is 901. The normalized spacial score (nSPS) is 10.9. The zero-order chi connectivity index (χ0) is 20.8. The van der Waals surface area contributed by atoms with Crippen molar-refractivity contribution in [1.29, 1.82) is 0 Å². The van der Waals surface area contributed by atoms with E-state index in [4.69, 9.17) is 16.3 Å². The van der Waals surface area contributed by atoms with Gasteiger partial charge in [-0.3, -0.25) is 9.59 Å². The van der Waals surface area contributed by atoms with Gasteiger partial charge in [0.05, 0.1) is 18.3 Å². The number of ether oxygens (including phenoxy) is 1. The summed E-state index contributed by atoms with van der Waals surface area (Å²) in [4.78, 5) is 25.3. The van der Waals surface area contributed by atoms with E-state index < -0.39 is 11.8 Å². The molecule has 2 aromatic rings. The number of rotatable bonds is 6. The van der Waals surface area contributed by atoms with Crippen LogP contribution in [0.3, 0.4) is 0 Å². The number of amides is 2. The van der Waals surface area contributed by atoms with Gasteiger partial charge in [-0.1, -0.05) is 11.6 Å². The van der Waals surface area contributed by atoms with Crippen molar-refractivity contribution in [3.8, 4) is 11.4 Å². The molecule has 1 aromatic heterocycles. The first-order valence-electron chi connectivity index (χ1n) is 8.99. The van der Waals surface area contributed by atoms with E-state index in [1.165, 1.54) is 11.1 Å². The third kappa shape index (κ3) is 4.54. The second-order valence-electron chi connectivity index (χ2n) is 6.16. The Labute approximate surface area is 169 Å². The summed E-state index contributed by atoms with van der Waals surface area (Å²) >= 11 is 6.24. The van der Waals surface area contributed by atoms with Crippen LogP contribution in [0.4, 0.5) is 0 Å². The van der Waals surface area contributed by atoms with E-state index in [0.29, 0.717) is 23.9 Å². The molecular weight excluding hydrogens is 380 g/mol. The van der Waals surface area contributed by atoms with Crippen LogP contribution in [0.2, 0.25) is 5.02 Å². The van der Waals surface area contributed by atoms with Gasteiger partial charge in [-0.05, 0) is 52.0 Å². The topological polar surface area (TPSA) is 75.9 Å². The monoisotopic (exact) mass is 404 g/mol. The maximum absolute atomic E-state index is 12.0. The number of aromatic nitrogens is 1. The number of likely N-dealkylation sites (N-methyl/N-ethyl adjacent to an activating group) is 1. The summed E-state index contributed by atoms with van der Waals surface area (Å²) in [5, 5.41) is 4.45. The van der Waals surface area contributed by atoms with E-state index >= 15 is 0 Å². The fourth-order valence-electron chi connectivity index (χ4n) is 2.97. The third-order valence-corrected chi connectivity index (χ3v) is 4.77. The molecule has 2 rings (SSSR count). The summed E-state index contributed by atoms with van der Waals surface area (Å²) < 4.78 is 7.22. The van der Waals surface area contributed by atoms with Crippen LogP contribution >= 0.6 is 11.6 Å². The number of methoxy groups -OCH3 is 1. The van der Waals surface area contributed by atoms with E-state index in [9.17, 15) is 9.59 Å². The summed E-state index contributed by atoms with van der Waals surface area (Å²) in [6.07, 6.45) is 1.53. The Morgan fingerprint density at radius 2 is 1.93 bits per heavy atom. The van der Waals surface area contributed by atoms with Crippen molar-refractivity contribution in [2.75, 3.05) is 20.2 Å². The van der Waals surface area contributed by atoms with Gasteiger partial charge in [0.1, 0.15) is 5.75 Å². The number of aryl methyl sites for hydroxylation is 1. The first-order valence-corrected chi connectivity index (χ1v) is 9.36. The Hall–Kier alpha value is -2.80. The molecule has 1 heterocycles. The molecule has 0 unspecified atom stereocenters. The molecule has 0 aliphatic carbocycles. The third-order valence-electron chi connectivity index (χ3n) is 4.48. The molecule has 0 spiro atoms. The fourth-order valence-corrected chi connectivity index (χ4v) is 3.22. The van der Waals surface area contributed by atoms with Gasteiger partial charge in [-0.2, -0.15) is 5.10 Å². The number of carbonyl (C=O) groups excluding carboxylic acids is 2. The van der Waals surface area contributed by atoms with Gasteiger partial charge in [-0.15, -0.1) is 0 Å². The van der Waals surface area contributed by atoms with Gasteiger partial charge in [0, 0.05) is 35.7 Å². The average Bonchev–Trinajstić information content (AvgIpc) is 2.95. The summed E-state index contributed by atoms with van der Waals surface area (Å²) in [7, 11) is 1.57. The zero-order valence-electron chi connectivity index (χ0n) is 16.7. The van der Waals surface area contributed by atoms with E-state index in [0.717, 1.165) is 22.6 Å². The molecule has 7 nitrogen and oxygen atoms in total. The minimum absolute atomic E-state index is 0.470. The summed E-state index contributed by atoms with van der Waals surface area (Å²) in [6.45, 7) is 8.48. The predicted molar refractivity (Wildman–Crippen MR) is 110 cm³/mol. The van der Waals surface area contributed by atoms with Crippen molar-refractivity contribution >= 4 is 29.6 Å². The molecule has 2 amide bonds. The molecule has 0 bridgehead atoms. The molecule has 0 aliphatic rings. The predicted octanol–water partition coefficient (Wildman–Crippen LogP) is 3.07. The molecule has 28 heavy (non-hydrogen) atoms. The van der Waals surface area contributed by atoms with Crippen LogP contribution in [0, 0.1) is 13.8 Å². The number of carbonyl (C=O) groups is 2. The highest BCUT2D eigenvalue weighted by Gasteiger charge is 2.18. The van der Waals surface area contributed by atoms with Crippen LogP contribution in [0.5, 0.6) is 5.75 Å². The Kier molecular flexibility index (Phi) is 7.23. The molecule has 1 aromatic carbocycles. The SMILES string of the molecule is CCN(CC)C(=O)C(=O)N/N=C\c1cc(C)n(-c2ccc(OC)c(Cl)c2)c1C. The van der Waals surface area contributed by atoms with E-state index in [2.05, 4.69) is 10.5 Å². The number of nitrogens with one attached hydrogen (secondary N) is 1. The van der Waals surface area contributed by atoms with Crippen molar-refractivity contribution in [2.45, 2.75) is 27.7 Å². The number of benzene rings is 1. The zero-order valence-corrected chi connectivity index (χ0v) is 17.5. The molecule has 0 saturated carbocycles. The molecule has 8 heteroatoms. The minimum Gasteiger partial charge on any atom is -0.495 e. The second-order valence-corrected chi connectivity index (χ2v) is 6.56. The molecule has 0 radical (unpaired) electrons. The van der Waals surface area contributed by atoms with Crippen LogP contribution in [-0.2, 0) is 9.59 Å². The lowest BCUT2D eigenvalue weighted by Crippen LogP contribution is -2.41. The van der Waals surface area contributed by atoms with Crippen molar-refractivity contribution in [2.24, 2.45) is 5.10 Å². The number of hydrazone groups is 1. The number of hydrogen-bond acceptors (Lipinski definition) is 4. The molecule has 0 saturated heterocycles. The van der Waals surface area contributed by atoms with E-state index in [-0.39, 0.29) is 0 Å². The Balaban J connectivity index is 2.20. The largest absolute Gasteiger partial charge is 0.495 e. The summed E-state index contributed by atoms with van der Waals surface area (Å²) in [6, 6.07) is 7.49. The van der Waals surface area contributed by atoms with Crippen LogP contribution in [0.15, 0.2) is 29.4 Å². The molecule has 150 valence electrons. The molecule has 0 aliphatic heterocycles. The van der Waals surface area contributed by atoms with E-state index in [1.807, 2.05) is 56.5 Å².